The van der Waals surface area contributed by atoms with E-state index in [0.717, 1.165) is 12.8 Å². The van der Waals surface area contributed by atoms with Gasteiger partial charge in [0.15, 0.2) is 0 Å². The number of rotatable bonds is 6. The third kappa shape index (κ3) is 4.29. The molecule has 0 atom stereocenters. The molecular weight excluding hydrogens is 344 g/mol. The predicted molar refractivity (Wildman–Crippen MR) is 102 cm³/mol. The lowest BCUT2D eigenvalue weighted by Crippen LogP contribution is -2.49. The van der Waals surface area contributed by atoms with Gasteiger partial charge in [-0.3, -0.25) is 14.4 Å². The topological polar surface area (TPSA) is 110 Å². The molecule has 8 heteroatoms. The minimum atomic E-state index is -0.695. The summed E-state index contributed by atoms with van der Waals surface area (Å²) in [4.78, 5) is 38.4. The minimum Gasteiger partial charge on any atom is -0.350 e. The van der Waals surface area contributed by atoms with E-state index in [-0.39, 0.29) is 18.3 Å². The largest absolute Gasteiger partial charge is 0.350 e. The highest BCUT2D eigenvalue weighted by atomic mass is 35.5. The van der Waals surface area contributed by atoms with Gasteiger partial charge in [-0.05, 0) is 38.0 Å². The molecule has 0 radical (unpaired) electrons. The SMILES string of the molecule is CCn1c(=O)c(=O)[nH]c2cc(C(=O)NCC(N)(CC)CC)ccc21.Cl. The van der Waals surface area contributed by atoms with Crippen LogP contribution >= 0.6 is 12.4 Å². The molecule has 0 fully saturated rings. The Hall–Kier alpha value is -2.12. The zero-order chi connectivity index (χ0) is 17.9. The first kappa shape index (κ1) is 20.9. The van der Waals surface area contributed by atoms with Crippen molar-refractivity contribution >= 4 is 29.3 Å². The van der Waals surface area contributed by atoms with Gasteiger partial charge in [0.2, 0.25) is 0 Å². The van der Waals surface area contributed by atoms with E-state index in [1.807, 2.05) is 13.8 Å². The number of carbonyl (C=O) groups excluding carboxylic acids is 1. The van der Waals surface area contributed by atoms with Crippen LogP contribution in [0.3, 0.4) is 0 Å². The number of nitrogens with zero attached hydrogens (tertiary/aromatic N) is 1. The van der Waals surface area contributed by atoms with Crippen LogP contribution in [0.15, 0.2) is 27.8 Å². The maximum atomic E-state index is 12.3. The van der Waals surface area contributed by atoms with Crippen LogP contribution in [0.5, 0.6) is 0 Å². The number of hydrogen-bond donors (Lipinski definition) is 3. The van der Waals surface area contributed by atoms with Crippen LogP contribution in [0.2, 0.25) is 0 Å². The van der Waals surface area contributed by atoms with Gasteiger partial charge in [0.05, 0.1) is 11.0 Å². The zero-order valence-electron chi connectivity index (χ0n) is 14.7. The van der Waals surface area contributed by atoms with Gasteiger partial charge in [-0.15, -0.1) is 12.4 Å². The van der Waals surface area contributed by atoms with Crippen LogP contribution in [0.25, 0.3) is 11.0 Å². The minimum absolute atomic E-state index is 0. The summed E-state index contributed by atoms with van der Waals surface area (Å²) in [5.74, 6) is -0.260. The number of aromatic nitrogens is 2. The summed E-state index contributed by atoms with van der Waals surface area (Å²) >= 11 is 0. The van der Waals surface area contributed by atoms with E-state index in [2.05, 4.69) is 10.3 Å². The molecule has 0 saturated heterocycles. The summed E-state index contributed by atoms with van der Waals surface area (Å²) in [5, 5.41) is 2.84. The van der Waals surface area contributed by atoms with E-state index in [0.29, 0.717) is 29.7 Å². The summed E-state index contributed by atoms with van der Waals surface area (Å²) in [5.41, 5.74) is 5.93. The van der Waals surface area contributed by atoms with Gasteiger partial charge >= 0.3 is 11.1 Å². The van der Waals surface area contributed by atoms with Crippen LogP contribution in [-0.4, -0.2) is 27.5 Å². The fraction of sp³-hybridized carbons (Fsp3) is 0.471. The Balaban J connectivity index is 0.00000312. The van der Waals surface area contributed by atoms with E-state index < -0.39 is 16.7 Å². The molecule has 4 N–H and O–H groups in total. The predicted octanol–water partition coefficient (Wildman–Crippen LogP) is 1.38. The Morgan fingerprint density at radius 1 is 1.24 bits per heavy atom. The molecule has 25 heavy (non-hydrogen) atoms. The van der Waals surface area contributed by atoms with Crippen molar-refractivity contribution in [2.75, 3.05) is 6.54 Å². The number of amides is 1. The first-order chi connectivity index (χ1) is 11.3. The van der Waals surface area contributed by atoms with Gasteiger partial charge in [-0.2, -0.15) is 0 Å². The highest BCUT2D eigenvalue weighted by Crippen LogP contribution is 2.13. The van der Waals surface area contributed by atoms with Gasteiger partial charge < -0.3 is 20.6 Å². The van der Waals surface area contributed by atoms with Crippen molar-refractivity contribution in [3.8, 4) is 0 Å². The second-order valence-corrected chi connectivity index (χ2v) is 5.99. The number of H-pyrrole nitrogens is 1. The summed E-state index contributed by atoms with van der Waals surface area (Å²) in [6, 6.07) is 4.88. The number of fused-ring (bicyclic) bond motifs is 1. The smallest absolute Gasteiger partial charge is 0.316 e. The van der Waals surface area contributed by atoms with Gasteiger partial charge in [0.1, 0.15) is 0 Å². The molecule has 0 aliphatic carbocycles. The average Bonchev–Trinajstić information content (AvgIpc) is 2.60. The molecule has 7 nitrogen and oxygen atoms in total. The van der Waals surface area contributed by atoms with Crippen LogP contribution in [-0.2, 0) is 6.54 Å². The number of hydrogen-bond acceptors (Lipinski definition) is 4. The van der Waals surface area contributed by atoms with Crippen molar-refractivity contribution in [1.29, 1.82) is 0 Å². The number of halogens is 1. The maximum absolute atomic E-state index is 12.3. The summed E-state index contributed by atoms with van der Waals surface area (Å²) in [6.07, 6.45) is 1.52. The number of nitrogens with one attached hydrogen (secondary N) is 2. The van der Waals surface area contributed by atoms with Gasteiger partial charge in [-0.25, -0.2) is 0 Å². The van der Waals surface area contributed by atoms with E-state index in [1.54, 1.807) is 25.1 Å². The molecule has 2 aromatic rings. The fourth-order valence-electron chi connectivity index (χ4n) is 2.59. The number of benzene rings is 1. The van der Waals surface area contributed by atoms with Crippen LogP contribution in [0.4, 0.5) is 0 Å². The van der Waals surface area contributed by atoms with E-state index in [9.17, 15) is 14.4 Å². The van der Waals surface area contributed by atoms with Crippen molar-refractivity contribution in [2.45, 2.75) is 45.7 Å². The van der Waals surface area contributed by atoms with Gasteiger partial charge in [0, 0.05) is 24.2 Å². The van der Waals surface area contributed by atoms with Crippen molar-refractivity contribution in [3.05, 3.63) is 44.5 Å². The fourth-order valence-corrected chi connectivity index (χ4v) is 2.59. The lowest BCUT2D eigenvalue weighted by Gasteiger charge is -2.26. The Labute approximate surface area is 152 Å². The molecule has 1 aromatic carbocycles. The Morgan fingerprint density at radius 3 is 2.44 bits per heavy atom. The monoisotopic (exact) mass is 368 g/mol. The van der Waals surface area contributed by atoms with Crippen molar-refractivity contribution in [3.63, 3.8) is 0 Å². The summed E-state index contributed by atoms with van der Waals surface area (Å²) < 4.78 is 1.38. The Morgan fingerprint density at radius 2 is 1.88 bits per heavy atom. The molecule has 138 valence electrons. The highest BCUT2D eigenvalue weighted by Gasteiger charge is 2.21. The molecule has 0 bridgehead atoms. The van der Waals surface area contributed by atoms with E-state index in [4.69, 9.17) is 5.73 Å². The van der Waals surface area contributed by atoms with Crippen molar-refractivity contribution in [2.24, 2.45) is 5.73 Å². The molecule has 0 saturated carbocycles. The van der Waals surface area contributed by atoms with Crippen molar-refractivity contribution < 1.29 is 4.79 Å². The normalized spacial score (nSPS) is 11.2. The van der Waals surface area contributed by atoms with Gasteiger partial charge in [0.25, 0.3) is 5.91 Å². The quantitative estimate of drug-likeness (QED) is 0.669. The molecule has 1 aromatic heterocycles. The maximum Gasteiger partial charge on any atom is 0.316 e. The third-order valence-electron chi connectivity index (χ3n) is 4.56. The summed E-state index contributed by atoms with van der Waals surface area (Å²) in [7, 11) is 0. The van der Waals surface area contributed by atoms with Crippen LogP contribution < -0.4 is 22.2 Å². The molecule has 2 rings (SSSR count). The molecule has 0 aliphatic rings. The molecule has 0 unspecified atom stereocenters. The molecule has 0 spiro atoms. The number of carbonyl (C=O) groups is 1. The Bertz CT molecular complexity index is 868. The first-order valence-electron chi connectivity index (χ1n) is 8.19. The van der Waals surface area contributed by atoms with Crippen molar-refractivity contribution in [1.82, 2.24) is 14.9 Å². The molecule has 0 aliphatic heterocycles. The first-order valence-corrected chi connectivity index (χ1v) is 8.19. The number of aromatic amines is 1. The lowest BCUT2D eigenvalue weighted by molar-refractivity contribution is 0.0942. The average molecular weight is 369 g/mol. The standard InChI is InChI=1S/C17H24N4O3.ClH/c1-4-17(18,5-2)10-19-14(22)11-7-8-13-12(9-11)20-15(23)16(24)21(13)6-3;/h7-9H,4-6,10,18H2,1-3H3,(H,19,22)(H,20,23);1H. The van der Waals surface area contributed by atoms with E-state index >= 15 is 0 Å². The van der Waals surface area contributed by atoms with Crippen LogP contribution in [0.1, 0.15) is 44.0 Å². The number of aryl methyl sites for hydroxylation is 1. The number of nitrogens with two attached hydrogens (primary N) is 1. The second-order valence-electron chi connectivity index (χ2n) is 5.99. The van der Waals surface area contributed by atoms with Crippen LogP contribution in [0, 0.1) is 0 Å². The zero-order valence-corrected chi connectivity index (χ0v) is 15.5. The second kappa shape index (κ2) is 8.31. The van der Waals surface area contributed by atoms with Gasteiger partial charge in [-0.1, -0.05) is 13.8 Å². The Kier molecular flexibility index (Phi) is 6.96. The molecule has 1 heterocycles. The third-order valence-corrected chi connectivity index (χ3v) is 4.56. The van der Waals surface area contributed by atoms with E-state index in [1.165, 1.54) is 4.57 Å². The molecular formula is C17H25ClN4O3. The summed E-state index contributed by atoms with van der Waals surface area (Å²) in [6.45, 7) is 6.52. The lowest BCUT2D eigenvalue weighted by atomic mass is 9.94. The highest BCUT2D eigenvalue weighted by molar-refractivity contribution is 5.97. The molecule has 1 amide bonds.